The van der Waals surface area contributed by atoms with E-state index in [1.807, 2.05) is 0 Å². The summed E-state index contributed by atoms with van der Waals surface area (Å²) in [4.78, 5) is 11.8. The molecule has 4 nitrogen and oxygen atoms in total. The molecule has 136 valence electrons. The van der Waals surface area contributed by atoms with Gasteiger partial charge in [0.05, 0.1) is 30.8 Å². The molecule has 0 radical (unpaired) electrons. The number of hydrogen-bond donors (Lipinski definition) is 0. The number of allylic oxidation sites excluding steroid dienone is 3. The molecule has 0 aromatic carbocycles. The lowest BCUT2D eigenvalue weighted by Crippen LogP contribution is -2.32. The zero-order valence-electron chi connectivity index (χ0n) is 15.8. The first-order chi connectivity index (χ1) is 11.4. The second-order valence-corrected chi connectivity index (χ2v) is 7.53. The maximum atomic E-state index is 11.8. The molecule has 0 spiro atoms. The molecule has 1 unspecified atom stereocenters. The number of carbonyl (C=O) groups excluding carboxylic acids is 1. The van der Waals surface area contributed by atoms with E-state index in [1.165, 1.54) is 18.3 Å². The fourth-order valence-corrected chi connectivity index (χ4v) is 3.48. The number of methoxy groups -OCH3 is 2. The second kappa shape index (κ2) is 8.30. The summed E-state index contributed by atoms with van der Waals surface area (Å²) in [7, 11) is 3.10. The van der Waals surface area contributed by atoms with Crippen LogP contribution in [0.2, 0.25) is 0 Å². The number of rotatable bonds is 8. The van der Waals surface area contributed by atoms with Crippen molar-refractivity contribution in [2.24, 2.45) is 5.92 Å². The molecule has 0 saturated carbocycles. The van der Waals surface area contributed by atoms with Crippen LogP contribution >= 0.6 is 0 Å². The topological polar surface area (TPSA) is 48.1 Å². The van der Waals surface area contributed by atoms with Crippen molar-refractivity contribution in [3.8, 4) is 0 Å². The summed E-state index contributed by atoms with van der Waals surface area (Å²) < 4.78 is 16.0. The van der Waals surface area contributed by atoms with Gasteiger partial charge in [-0.15, -0.1) is 0 Å². The lowest BCUT2D eigenvalue weighted by atomic mass is 9.85. The van der Waals surface area contributed by atoms with E-state index in [2.05, 4.69) is 32.9 Å². The van der Waals surface area contributed by atoms with Gasteiger partial charge in [0.15, 0.2) is 0 Å². The molecular formula is C20H32O4. The van der Waals surface area contributed by atoms with E-state index in [1.54, 1.807) is 7.11 Å². The van der Waals surface area contributed by atoms with Crippen LogP contribution in [0.3, 0.4) is 0 Å². The molecule has 2 aliphatic rings. The highest BCUT2D eigenvalue weighted by Gasteiger charge is 2.46. The Kier molecular flexibility index (Phi) is 6.64. The van der Waals surface area contributed by atoms with E-state index < -0.39 is 0 Å². The quantitative estimate of drug-likeness (QED) is 0.379. The Balaban J connectivity index is 1.76. The van der Waals surface area contributed by atoms with Gasteiger partial charge in [-0.1, -0.05) is 23.3 Å². The molecule has 0 aromatic rings. The minimum absolute atomic E-state index is 0.0958. The summed E-state index contributed by atoms with van der Waals surface area (Å²) in [6.45, 7) is 6.51. The van der Waals surface area contributed by atoms with Gasteiger partial charge in [0.1, 0.15) is 0 Å². The number of esters is 1. The molecule has 0 N–H and O–H groups in total. The average molecular weight is 336 g/mol. The van der Waals surface area contributed by atoms with Crippen LogP contribution in [0.4, 0.5) is 0 Å². The molecule has 2 rings (SSSR count). The monoisotopic (exact) mass is 336 g/mol. The van der Waals surface area contributed by atoms with Crippen molar-refractivity contribution in [2.75, 3.05) is 14.2 Å². The standard InChI is InChI=1S/C20H32O4/c1-14(9-12-18-20(2,3)24-18)7-6-8-15-10-11-16(19(21)23-5)17(13-15)22-4/h7,13,16-18H,6,8-12H2,1-5H3/b14-7+/t16-,17-,18?/m0/s1. The lowest BCUT2D eigenvalue weighted by molar-refractivity contribution is -0.149. The largest absolute Gasteiger partial charge is 0.469 e. The van der Waals surface area contributed by atoms with Gasteiger partial charge in [0.25, 0.3) is 0 Å². The third kappa shape index (κ3) is 5.18. The summed E-state index contributed by atoms with van der Waals surface area (Å²) in [5.41, 5.74) is 2.92. The first-order valence-electron chi connectivity index (χ1n) is 9.01. The fraction of sp³-hybridized carbons (Fsp3) is 0.750. The number of epoxide rings is 1. The normalized spacial score (nSPS) is 29.1. The molecule has 1 saturated heterocycles. The fourth-order valence-electron chi connectivity index (χ4n) is 3.48. The van der Waals surface area contributed by atoms with E-state index in [0.29, 0.717) is 6.10 Å². The van der Waals surface area contributed by atoms with Gasteiger partial charge in [-0.2, -0.15) is 0 Å². The van der Waals surface area contributed by atoms with E-state index in [4.69, 9.17) is 14.2 Å². The van der Waals surface area contributed by atoms with Crippen LogP contribution in [-0.2, 0) is 19.0 Å². The minimum atomic E-state index is -0.168. The predicted octanol–water partition coefficient (Wildman–Crippen LogP) is 4.19. The third-order valence-corrected chi connectivity index (χ3v) is 5.27. The maximum absolute atomic E-state index is 11.8. The Hall–Kier alpha value is -1.13. The first kappa shape index (κ1) is 19.2. The molecule has 4 heteroatoms. The molecule has 1 fully saturated rings. The summed E-state index contributed by atoms with van der Waals surface area (Å²) in [5.74, 6) is -0.332. The van der Waals surface area contributed by atoms with Crippen molar-refractivity contribution in [2.45, 2.75) is 77.1 Å². The van der Waals surface area contributed by atoms with Crippen LogP contribution < -0.4 is 0 Å². The lowest BCUT2D eigenvalue weighted by Gasteiger charge is -2.27. The average Bonchev–Trinajstić information content (AvgIpc) is 3.19. The Morgan fingerprint density at radius 1 is 1.42 bits per heavy atom. The summed E-state index contributed by atoms with van der Waals surface area (Å²) in [5, 5.41) is 0. The predicted molar refractivity (Wildman–Crippen MR) is 94.8 cm³/mol. The third-order valence-electron chi connectivity index (χ3n) is 5.27. The van der Waals surface area contributed by atoms with Gasteiger partial charge in [-0.05, 0) is 59.3 Å². The van der Waals surface area contributed by atoms with Crippen LogP contribution in [-0.4, -0.2) is 38.0 Å². The highest BCUT2D eigenvalue weighted by Crippen LogP contribution is 2.39. The molecule has 0 bridgehead atoms. The number of carbonyl (C=O) groups is 1. The molecule has 1 aliphatic carbocycles. The van der Waals surface area contributed by atoms with E-state index in [0.717, 1.165) is 38.5 Å². The van der Waals surface area contributed by atoms with E-state index in [9.17, 15) is 4.79 Å². The van der Waals surface area contributed by atoms with Gasteiger partial charge in [0, 0.05) is 7.11 Å². The second-order valence-electron chi connectivity index (χ2n) is 7.53. The highest BCUT2D eigenvalue weighted by atomic mass is 16.6. The van der Waals surface area contributed by atoms with Crippen molar-refractivity contribution in [1.82, 2.24) is 0 Å². The first-order valence-corrected chi connectivity index (χ1v) is 9.01. The van der Waals surface area contributed by atoms with Gasteiger partial charge in [-0.25, -0.2) is 0 Å². The van der Waals surface area contributed by atoms with Crippen molar-refractivity contribution >= 4 is 5.97 Å². The highest BCUT2D eigenvalue weighted by molar-refractivity contribution is 5.73. The van der Waals surface area contributed by atoms with Crippen molar-refractivity contribution < 1.29 is 19.0 Å². The Bertz CT molecular complexity index is 504. The van der Waals surface area contributed by atoms with Gasteiger partial charge >= 0.3 is 5.97 Å². The zero-order chi connectivity index (χ0) is 17.7. The van der Waals surface area contributed by atoms with E-state index in [-0.39, 0.29) is 23.6 Å². The Labute approximate surface area is 146 Å². The minimum Gasteiger partial charge on any atom is -0.469 e. The van der Waals surface area contributed by atoms with Crippen molar-refractivity contribution in [1.29, 1.82) is 0 Å². The summed E-state index contributed by atoms with van der Waals surface area (Å²) in [6, 6.07) is 0. The Morgan fingerprint density at radius 2 is 2.12 bits per heavy atom. The SMILES string of the molecule is COC(=O)[C@H]1CCC(CC/C=C(\C)CCC2OC2(C)C)=C[C@@H]1OC. The Morgan fingerprint density at radius 3 is 2.71 bits per heavy atom. The number of ether oxygens (including phenoxy) is 3. The summed E-state index contributed by atoms with van der Waals surface area (Å²) >= 11 is 0. The van der Waals surface area contributed by atoms with Crippen molar-refractivity contribution in [3.63, 3.8) is 0 Å². The molecule has 24 heavy (non-hydrogen) atoms. The maximum Gasteiger partial charge on any atom is 0.311 e. The van der Waals surface area contributed by atoms with Crippen LogP contribution in [0.5, 0.6) is 0 Å². The van der Waals surface area contributed by atoms with E-state index >= 15 is 0 Å². The van der Waals surface area contributed by atoms with Gasteiger partial charge in [0.2, 0.25) is 0 Å². The molecule has 1 heterocycles. The smallest absolute Gasteiger partial charge is 0.311 e. The van der Waals surface area contributed by atoms with Crippen LogP contribution in [0.15, 0.2) is 23.3 Å². The molecule has 0 amide bonds. The van der Waals surface area contributed by atoms with Gasteiger partial charge < -0.3 is 14.2 Å². The zero-order valence-corrected chi connectivity index (χ0v) is 15.8. The molecular weight excluding hydrogens is 304 g/mol. The number of hydrogen-bond acceptors (Lipinski definition) is 4. The summed E-state index contributed by atoms with van der Waals surface area (Å²) in [6.07, 6.45) is 10.8. The van der Waals surface area contributed by atoms with Crippen molar-refractivity contribution in [3.05, 3.63) is 23.3 Å². The van der Waals surface area contributed by atoms with Crippen LogP contribution in [0.1, 0.15) is 59.3 Å². The molecule has 3 atom stereocenters. The van der Waals surface area contributed by atoms with Crippen LogP contribution in [0.25, 0.3) is 0 Å². The molecule has 0 aromatic heterocycles. The molecule has 1 aliphatic heterocycles. The van der Waals surface area contributed by atoms with Gasteiger partial charge in [-0.3, -0.25) is 4.79 Å². The van der Waals surface area contributed by atoms with Crippen LogP contribution in [0, 0.1) is 5.92 Å².